The number of thioether (sulfide) groups is 1. The Morgan fingerprint density at radius 3 is 2.79 bits per heavy atom. The molecule has 19 heavy (non-hydrogen) atoms. The molecule has 2 heterocycles. The van der Waals surface area contributed by atoms with Crippen LogP contribution in [0.1, 0.15) is 5.56 Å². The van der Waals surface area contributed by atoms with Gasteiger partial charge in [0.05, 0.1) is 0 Å². The van der Waals surface area contributed by atoms with E-state index in [2.05, 4.69) is 26.6 Å². The van der Waals surface area contributed by atoms with Crippen LogP contribution in [0.3, 0.4) is 0 Å². The summed E-state index contributed by atoms with van der Waals surface area (Å²) < 4.78 is 0.973. The van der Waals surface area contributed by atoms with Crippen molar-refractivity contribution in [3.8, 4) is 0 Å². The van der Waals surface area contributed by atoms with Gasteiger partial charge in [-0.25, -0.2) is 0 Å². The second-order valence-corrected chi connectivity index (χ2v) is 6.72. The van der Waals surface area contributed by atoms with Crippen LogP contribution >= 0.6 is 27.7 Å². The molecule has 0 saturated carbocycles. The van der Waals surface area contributed by atoms with E-state index < -0.39 is 4.87 Å². The Balaban J connectivity index is 1.90. The van der Waals surface area contributed by atoms with Crippen LogP contribution in [0.2, 0.25) is 0 Å². The quantitative estimate of drug-likeness (QED) is 0.771. The average molecular weight is 333 g/mol. The minimum absolute atomic E-state index is 0.0122. The predicted octanol–water partition coefficient (Wildman–Crippen LogP) is 3.77. The van der Waals surface area contributed by atoms with Gasteiger partial charge in [0.15, 0.2) is 4.87 Å². The number of rotatable bonds is 0. The number of carbonyl (C=O) groups excluding carboxylic acids is 1. The maximum absolute atomic E-state index is 12.4. The van der Waals surface area contributed by atoms with Gasteiger partial charge in [-0.2, -0.15) is 0 Å². The summed E-state index contributed by atoms with van der Waals surface area (Å²) in [7, 11) is 0. The van der Waals surface area contributed by atoms with Gasteiger partial charge in [-0.1, -0.05) is 39.8 Å². The average Bonchev–Trinajstić information content (AvgIpc) is 2.91. The van der Waals surface area contributed by atoms with E-state index in [0.717, 1.165) is 26.3 Å². The summed E-state index contributed by atoms with van der Waals surface area (Å²) in [4.78, 5) is 12.8. The molecule has 0 radical (unpaired) electrons. The monoisotopic (exact) mass is 332 g/mol. The van der Waals surface area contributed by atoms with Gasteiger partial charge in [0.25, 0.3) is 5.91 Å². The fourth-order valence-corrected chi connectivity index (χ4v) is 4.16. The molecular weight excluding hydrogens is 324 g/mol. The van der Waals surface area contributed by atoms with Gasteiger partial charge < -0.3 is 10.6 Å². The third-order valence-electron chi connectivity index (χ3n) is 3.39. The van der Waals surface area contributed by atoms with Gasteiger partial charge in [0, 0.05) is 26.3 Å². The van der Waals surface area contributed by atoms with Gasteiger partial charge in [-0.15, -0.1) is 0 Å². The molecule has 94 valence electrons. The highest BCUT2D eigenvalue weighted by Crippen LogP contribution is 2.55. The molecule has 1 unspecified atom stereocenters. The maximum atomic E-state index is 12.4. The number of benzene rings is 2. The summed E-state index contributed by atoms with van der Waals surface area (Å²) in [6, 6.07) is 13.9. The minimum atomic E-state index is -0.733. The SMILES string of the molecule is O=C1Nc2ccc(Br)cc2C12Nc1ccccc1S2. The van der Waals surface area contributed by atoms with Crippen LogP contribution in [0, 0.1) is 0 Å². The lowest BCUT2D eigenvalue weighted by Crippen LogP contribution is -2.35. The van der Waals surface area contributed by atoms with Crippen LogP contribution in [-0.4, -0.2) is 5.91 Å². The van der Waals surface area contributed by atoms with Crippen LogP contribution in [0.5, 0.6) is 0 Å². The number of fused-ring (bicyclic) bond motifs is 3. The number of amides is 1. The number of hydrogen-bond acceptors (Lipinski definition) is 3. The van der Waals surface area contributed by atoms with E-state index in [0.29, 0.717) is 0 Å². The lowest BCUT2D eigenvalue weighted by Gasteiger charge is -2.21. The molecule has 0 fully saturated rings. The summed E-state index contributed by atoms with van der Waals surface area (Å²) in [6.45, 7) is 0. The number of carbonyl (C=O) groups is 1. The molecule has 1 atom stereocenters. The first-order valence-corrected chi connectivity index (χ1v) is 7.48. The van der Waals surface area contributed by atoms with E-state index in [1.807, 2.05) is 42.5 Å². The molecule has 3 nitrogen and oxygen atoms in total. The second kappa shape index (κ2) is 3.77. The van der Waals surface area contributed by atoms with Crippen molar-refractivity contribution in [2.45, 2.75) is 9.77 Å². The summed E-state index contributed by atoms with van der Waals surface area (Å²) >= 11 is 5.04. The normalized spacial score (nSPS) is 22.9. The van der Waals surface area contributed by atoms with Gasteiger partial charge in [0.1, 0.15) is 0 Å². The van der Waals surface area contributed by atoms with Crippen LogP contribution in [0.15, 0.2) is 51.8 Å². The molecule has 2 N–H and O–H groups in total. The topological polar surface area (TPSA) is 41.1 Å². The summed E-state index contributed by atoms with van der Waals surface area (Å²) in [6.07, 6.45) is 0. The zero-order chi connectivity index (χ0) is 13.0. The summed E-state index contributed by atoms with van der Waals surface area (Å²) in [5.41, 5.74) is 2.87. The third-order valence-corrected chi connectivity index (χ3v) is 5.27. The van der Waals surface area contributed by atoms with Crippen molar-refractivity contribution >= 4 is 45.0 Å². The zero-order valence-corrected chi connectivity index (χ0v) is 12.1. The molecule has 2 aliphatic heterocycles. The van der Waals surface area contributed by atoms with E-state index in [4.69, 9.17) is 0 Å². The summed E-state index contributed by atoms with van der Waals surface area (Å²) in [5.74, 6) is -0.0122. The molecule has 2 aromatic carbocycles. The number of para-hydroxylation sites is 1. The van der Waals surface area contributed by atoms with Crippen LogP contribution in [-0.2, 0) is 9.67 Å². The number of anilines is 2. The molecule has 0 aromatic heterocycles. The number of halogens is 1. The Hall–Kier alpha value is -1.46. The van der Waals surface area contributed by atoms with Crippen LogP contribution in [0.4, 0.5) is 11.4 Å². The molecule has 2 aromatic rings. The van der Waals surface area contributed by atoms with Crippen LogP contribution in [0.25, 0.3) is 0 Å². The van der Waals surface area contributed by atoms with Crippen LogP contribution < -0.4 is 10.6 Å². The molecule has 1 amide bonds. The maximum Gasteiger partial charge on any atom is 0.265 e. The Kier molecular flexibility index (Phi) is 2.26. The van der Waals surface area contributed by atoms with Crippen molar-refractivity contribution in [3.63, 3.8) is 0 Å². The molecule has 4 rings (SSSR count). The van der Waals surface area contributed by atoms with Crippen molar-refractivity contribution in [2.24, 2.45) is 0 Å². The van der Waals surface area contributed by atoms with Crippen molar-refractivity contribution in [2.75, 3.05) is 10.6 Å². The number of nitrogens with one attached hydrogen (secondary N) is 2. The molecular formula is C14H9BrN2OS. The molecule has 5 heteroatoms. The van der Waals surface area contributed by atoms with Crippen molar-refractivity contribution in [3.05, 3.63) is 52.5 Å². The van der Waals surface area contributed by atoms with E-state index >= 15 is 0 Å². The third kappa shape index (κ3) is 1.48. The first-order valence-electron chi connectivity index (χ1n) is 5.87. The van der Waals surface area contributed by atoms with Crippen molar-refractivity contribution < 1.29 is 4.79 Å². The van der Waals surface area contributed by atoms with Gasteiger partial charge in [-0.05, 0) is 30.3 Å². The number of hydrogen-bond donors (Lipinski definition) is 2. The van der Waals surface area contributed by atoms with E-state index in [1.54, 1.807) is 11.8 Å². The van der Waals surface area contributed by atoms with E-state index in [-0.39, 0.29) is 5.91 Å². The Morgan fingerprint density at radius 1 is 1.11 bits per heavy atom. The smallest absolute Gasteiger partial charge is 0.265 e. The standard InChI is InChI=1S/C14H9BrN2OS/c15-8-5-6-10-9(7-8)14(13(18)16-10)17-11-3-1-2-4-12(11)19-14/h1-7,17H,(H,16,18). The van der Waals surface area contributed by atoms with Gasteiger partial charge >= 0.3 is 0 Å². The highest BCUT2D eigenvalue weighted by atomic mass is 79.9. The highest BCUT2D eigenvalue weighted by molar-refractivity contribution is 9.10. The molecule has 2 aliphatic rings. The van der Waals surface area contributed by atoms with Crippen molar-refractivity contribution in [1.82, 2.24) is 0 Å². The molecule has 1 spiro atoms. The Morgan fingerprint density at radius 2 is 1.95 bits per heavy atom. The Labute approximate surface area is 122 Å². The van der Waals surface area contributed by atoms with Gasteiger partial charge in [0.2, 0.25) is 0 Å². The second-order valence-electron chi connectivity index (χ2n) is 4.55. The molecule has 0 aliphatic carbocycles. The lowest BCUT2D eigenvalue weighted by atomic mass is 10.1. The van der Waals surface area contributed by atoms with E-state index in [9.17, 15) is 4.79 Å². The fourth-order valence-electron chi connectivity index (χ4n) is 2.51. The zero-order valence-electron chi connectivity index (χ0n) is 9.74. The summed E-state index contributed by atoms with van der Waals surface area (Å²) in [5, 5.41) is 6.32. The van der Waals surface area contributed by atoms with E-state index in [1.165, 1.54) is 0 Å². The molecule has 0 saturated heterocycles. The van der Waals surface area contributed by atoms with Crippen molar-refractivity contribution in [1.29, 1.82) is 0 Å². The largest absolute Gasteiger partial charge is 0.358 e. The Bertz CT molecular complexity index is 691. The fraction of sp³-hybridized carbons (Fsp3) is 0.0714. The highest BCUT2D eigenvalue weighted by Gasteiger charge is 2.51. The minimum Gasteiger partial charge on any atom is -0.358 e. The lowest BCUT2D eigenvalue weighted by molar-refractivity contribution is -0.117. The predicted molar refractivity (Wildman–Crippen MR) is 80.4 cm³/mol. The van der Waals surface area contributed by atoms with Gasteiger partial charge in [-0.3, -0.25) is 4.79 Å². The first-order chi connectivity index (χ1) is 9.19. The first kappa shape index (κ1) is 11.4. The molecule has 0 bridgehead atoms.